The van der Waals surface area contributed by atoms with Gasteiger partial charge in [-0.3, -0.25) is 9.58 Å². The molecule has 0 aliphatic carbocycles. The van der Waals surface area contributed by atoms with E-state index in [9.17, 15) is 4.79 Å². The molecular weight excluding hydrogens is 326 g/mol. The largest absolute Gasteiger partial charge is 0.445 e. The summed E-state index contributed by atoms with van der Waals surface area (Å²) in [5.74, 6) is 0. The summed E-state index contributed by atoms with van der Waals surface area (Å²) in [6.07, 6.45) is 4.97. The molecule has 1 saturated heterocycles. The number of aryl methyl sites for hydroxylation is 2. The number of aromatic nitrogens is 2. The quantitative estimate of drug-likeness (QED) is 0.840. The third-order valence-corrected chi connectivity index (χ3v) is 5.64. The minimum atomic E-state index is -0.198. The van der Waals surface area contributed by atoms with Gasteiger partial charge in [-0.05, 0) is 44.2 Å². The van der Waals surface area contributed by atoms with Crippen molar-refractivity contribution in [2.45, 2.75) is 51.8 Å². The van der Waals surface area contributed by atoms with Crippen LogP contribution in [0.1, 0.15) is 41.8 Å². The van der Waals surface area contributed by atoms with E-state index in [-0.39, 0.29) is 18.2 Å². The molecule has 1 amide bonds. The standard InChI is InChI=1S/C21H25N3O2/c1-14-20(15(2)23(3)22-14)17-11-18-9-10-19(12-17)24(18)21(25)26-13-16-7-5-4-6-8-16/h4-8,11,18-19H,9-10,12-13H2,1-3H3. The monoisotopic (exact) mass is 351 g/mol. The van der Waals surface area contributed by atoms with E-state index < -0.39 is 0 Å². The van der Waals surface area contributed by atoms with E-state index in [0.29, 0.717) is 6.61 Å². The number of carbonyl (C=O) groups excluding carboxylic acids is 1. The summed E-state index contributed by atoms with van der Waals surface area (Å²) in [7, 11) is 1.98. The first-order valence-electron chi connectivity index (χ1n) is 9.25. The lowest BCUT2D eigenvalue weighted by atomic mass is 9.93. The second-order valence-electron chi connectivity index (χ2n) is 7.31. The van der Waals surface area contributed by atoms with Gasteiger partial charge in [0.1, 0.15) is 6.61 Å². The van der Waals surface area contributed by atoms with Gasteiger partial charge in [0.15, 0.2) is 0 Å². The summed E-state index contributed by atoms with van der Waals surface area (Å²) in [6.45, 7) is 4.50. The van der Waals surface area contributed by atoms with Gasteiger partial charge in [0.25, 0.3) is 0 Å². The molecule has 136 valence electrons. The Bertz CT molecular complexity index is 854. The molecule has 2 atom stereocenters. The van der Waals surface area contributed by atoms with E-state index >= 15 is 0 Å². The molecule has 3 heterocycles. The smallest absolute Gasteiger partial charge is 0.410 e. The van der Waals surface area contributed by atoms with Crippen molar-refractivity contribution < 1.29 is 9.53 Å². The molecule has 2 aromatic rings. The first-order valence-corrected chi connectivity index (χ1v) is 9.25. The van der Waals surface area contributed by atoms with Crippen molar-refractivity contribution in [2.75, 3.05) is 0 Å². The molecule has 0 spiro atoms. The minimum absolute atomic E-state index is 0.131. The zero-order valence-corrected chi connectivity index (χ0v) is 15.6. The lowest BCUT2D eigenvalue weighted by Crippen LogP contribution is -2.43. The maximum atomic E-state index is 12.7. The van der Waals surface area contributed by atoms with Crippen LogP contribution in [0.25, 0.3) is 5.57 Å². The van der Waals surface area contributed by atoms with Gasteiger partial charge in [0.2, 0.25) is 0 Å². The molecule has 26 heavy (non-hydrogen) atoms. The number of ether oxygens (including phenoxy) is 1. The number of hydrogen-bond acceptors (Lipinski definition) is 3. The summed E-state index contributed by atoms with van der Waals surface area (Å²) < 4.78 is 7.52. The topological polar surface area (TPSA) is 47.4 Å². The molecule has 2 bridgehead atoms. The van der Waals surface area contributed by atoms with Crippen LogP contribution in [0.5, 0.6) is 0 Å². The zero-order chi connectivity index (χ0) is 18.3. The third-order valence-electron chi connectivity index (χ3n) is 5.64. The fourth-order valence-corrected chi connectivity index (χ4v) is 4.33. The highest BCUT2D eigenvalue weighted by atomic mass is 16.6. The number of carbonyl (C=O) groups is 1. The number of benzene rings is 1. The van der Waals surface area contributed by atoms with Crippen LogP contribution < -0.4 is 0 Å². The summed E-state index contributed by atoms with van der Waals surface area (Å²) in [5, 5.41) is 4.54. The molecule has 5 heteroatoms. The molecule has 1 fully saturated rings. The molecule has 5 nitrogen and oxygen atoms in total. The minimum Gasteiger partial charge on any atom is -0.445 e. The molecule has 0 N–H and O–H groups in total. The van der Waals surface area contributed by atoms with E-state index in [0.717, 1.165) is 30.5 Å². The Morgan fingerprint density at radius 2 is 2.00 bits per heavy atom. The second-order valence-corrected chi connectivity index (χ2v) is 7.31. The zero-order valence-electron chi connectivity index (χ0n) is 15.6. The first kappa shape index (κ1) is 16.9. The van der Waals surface area contributed by atoms with Crippen LogP contribution in [-0.4, -0.2) is 32.9 Å². The molecule has 2 aliphatic rings. The van der Waals surface area contributed by atoms with Gasteiger partial charge in [0.05, 0.1) is 11.7 Å². The third kappa shape index (κ3) is 2.91. The van der Waals surface area contributed by atoms with Crippen LogP contribution in [0, 0.1) is 13.8 Å². The summed E-state index contributed by atoms with van der Waals surface area (Å²) >= 11 is 0. The fraction of sp³-hybridized carbons (Fsp3) is 0.429. The second kappa shape index (κ2) is 6.63. The van der Waals surface area contributed by atoms with Crippen molar-refractivity contribution in [3.05, 3.63) is 58.9 Å². The maximum Gasteiger partial charge on any atom is 0.410 e. The van der Waals surface area contributed by atoms with E-state index in [1.54, 1.807) is 0 Å². The van der Waals surface area contributed by atoms with Crippen LogP contribution in [0.4, 0.5) is 4.79 Å². The van der Waals surface area contributed by atoms with Gasteiger partial charge in [-0.2, -0.15) is 5.10 Å². The van der Waals surface area contributed by atoms with Crippen LogP contribution in [0.2, 0.25) is 0 Å². The van der Waals surface area contributed by atoms with E-state index in [4.69, 9.17) is 4.74 Å². The Labute approximate surface area is 154 Å². The van der Waals surface area contributed by atoms with Crippen molar-refractivity contribution >= 4 is 11.7 Å². The average Bonchev–Trinajstić information content (AvgIpc) is 3.05. The summed E-state index contributed by atoms with van der Waals surface area (Å²) in [6, 6.07) is 10.2. The molecule has 1 aromatic carbocycles. The van der Waals surface area contributed by atoms with Crippen molar-refractivity contribution in [3.8, 4) is 0 Å². The fourth-order valence-electron chi connectivity index (χ4n) is 4.33. The molecule has 0 radical (unpaired) electrons. The van der Waals surface area contributed by atoms with Crippen LogP contribution >= 0.6 is 0 Å². The Hall–Kier alpha value is -2.56. The SMILES string of the molecule is Cc1nn(C)c(C)c1C1=CC2CCC(C1)N2C(=O)OCc1ccccc1. The summed E-state index contributed by atoms with van der Waals surface area (Å²) in [5.41, 5.74) is 5.85. The normalized spacial score (nSPS) is 21.7. The van der Waals surface area contributed by atoms with Gasteiger partial charge in [-0.1, -0.05) is 36.4 Å². The highest BCUT2D eigenvalue weighted by Gasteiger charge is 2.41. The molecule has 4 rings (SSSR count). The highest BCUT2D eigenvalue weighted by molar-refractivity contribution is 5.76. The predicted octanol–water partition coefficient (Wildman–Crippen LogP) is 3.99. The van der Waals surface area contributed by atoms with Gasteiger partial charge in [-0.25, -0.2) is 4.79 Å². The first-order chi connectivity index (χ1) is 12.5. The number of fused-ring (bicyclic) bond motifs is 2. The number of amides is 1. The Morgan fingerprint density at radius 3 is 2.65 bits per heavy atom. The van der Waals surface area contributed by atoms with Crippen LogP contribution in [0.15, 0.2) is 36.4 Å². The summed E-state index contributed by atoms with van der Waals surface area (Å²) in [4.78, 5) is 14.6. The van der Waals surface area contributed by atoms with Gasteiger partial charge in [0, 0.05) is 24.3 Å². The van der Waals surface area contributed by atoms with Crippen LogP contribution in [-0.2, 0) is 18.4 Å². The number of hydrogen-bond donors (Lipinski definition) is 0. The Kier molecular flexibility index (Phi) is 4.31. The van der Waals surface area contributed by atoms with Crippen LogP contribution in [0.3, 0.4) is 0 Å². The Balaban J connectivity index is 1.51. The highest BCUT2D eigenvalue weighted by Crippen LogP contribution is 2.40. The molecule has 2 aliphatic heterocycles. The van der Waals surface area contributed by atoms with E-state index in [1.807, 2.05) is 47.0 Å². The lowest BCUT2D eigenvalue weighted by Gasteiger charge is -2.33. The number of nitrogens with zero attached hydrogens (tertiary/aromatic N) is 3. The van der Waals surface area contributed by atoms with Crippen molar-refractivity contribution in [2.24, 2.45) is 7.05 Å². The predicted molar refractivity (Wildman–Crippen MR) is 101 cm³/mol. The average molecular weight is 351 g/mol. The van der Waals surface area contributed by atoms with Crippen molar-refractivity contribution in [1.82, 2.24) is 14.7 Å². The molecule has 0 saturated carbocycles. The molecule has 2 unspecified atom stereocenters. The van der Waals surface area contributed by atoms with Gasteiger partial charge >= 0.3 is 6.09 Å². The van der Waals surface area contributed by atoms with Gasteiger partial charge < -0.3 is 4.74 Å². The van der Waals surface area contributed by atoms with Gasteiger partial charge in [-0.15, -0.1) is 0 Å². The maximum absolute atomic E-state index is 12.7. The Morgan fingerprint density at radius 1 is 1.23 bits per heavy atom. The van der Waals surface area contributed by atoms with Crippen molar-refractivity contribution in [3.63, 3.8) is 0 Å². The molecule has 1 aromatic heterocycles. The van der Waals surface area contributed by atoms with E-state index in [1.165, 1.54) is 16.8 Å². The lowest BCUT2D eigenvalue weighted by molar-refractivity contribution is 0.0832. The van der Waals surface area contributed by atoms with E-state index in [2.05, 4.69) is 25.0 Å². The van der Waals surface area contributed by atoms with Crippen molar-refractivity contribution in [1.29, 1.82) is 0 Å². The number of rotatable bonds is 3. The molecular formula is C21H25N3O2.